The van der Waals surface area contributed by atoms with Gasteiger partial charge in [-0.1, -0.05) is 71.4 Å². The van der Waals surface area contributed by atoms with Crippen molar-refractivity contribution < 1.29 is 23.9 Å². The van der Waals surface area contributed by atoms with Gasteiger partial charge in [0.05, 0.1) is 0 Å². The Kier molecular flexibility index (Phi) is 11.1. The van der Waals surface area contributed by atoms with E-state index in [0.29, 0.717) is 5.57 Å². The van der Waals surface area contributed by atoms with Gasteiger partial charge in [-0.25, -0.2) is 0 Å². The number of ether oxygens (including phenoxy) is 1. The second-order valence-corrected chi connectivity index (χ2v) is 11.3. The zero-order chi connectivity index (χ0) is 28.0. The van der Waals surface area contributed by atoms with E-state index in [0.717, 1.165) is 11.1 Å². The first-order valence-corrected chi connectivity index (χ1v) is 12.5. The van der Waals surface area contributed by atoms with Crippen LogP contribution in [0.1, 0.15) is 68.7 Å². The number of hydrogen-bond acceptors (Lipinski definition) is 5. The number of nitrogens with one attached hydrogen (secondary N) is 2. The summed E-state index contributed by atoms with van der Waals surface area (Å²) in [7, 11) is 1.52. The normalized spacial score (nSPS) is 26.8. The Morgan fingerprint density at radius 3 is 2.25 bits per heavy atom. The van der Waals surface area contributed by atoms with Gasteiger partial charge in [-0.15, -0.1) is 0 Å². The van der Waals surface area contributed by atoms with Crippen molar-refractivity contribution in [3.8, 4) is 0 Å². The summed E-state index contributed by atoms with van der Waals surface area (Å²) in [6.07, 6.45) is 3.39. The molecule has 202 valence electrons. The summed E-state index contributed by atoms with van der Waals surface area (Å²) >= 11 is 0. The molecular weight excluding hydrogens is 458 g/mol. The fourth-order valence-electron chi connectivity index (χ4n) is 4.51. The van der Waals surface area contributed by atoms with E-state index in [4.69, 9.17) is 4.74 Å². The lowest BCUT2D eigenvalue weighted by molar-refractivity contribution is -0.149. The van der Waals surface area contributed by atoms with Crippen molar-refractivity contribution in [3.63, 3.8) is 0 Å². The van der Waals surface area contributed by atoms with E-state index in [-0.39, 0.29) is 36.1 Å². The SMILES string of the molecule is C=C1CC(=O)N[C@@H](C)C(=O)N(C)[C@@H](C(C)C)C(=O)NCC(=O)O[C@H](/C(C)=C/C(C)=C/C(C)(C)C)[C@@H]1C. The fourth-order valence-corrected chi connectivity index (χ4v) is 4.51. The maximum Gasteiger partial charge on any atom is 0.326 e. The maximum atomic E-state index is 12.9. The molecule has 0 aromatic carbocycles. The van der Waals surface area contributed by atoms with Crippen molar-refractivity contribution in [1.29, 1.82) is 0 Å². The molecule has 1 rings (SSSR count). The Labute approximate surface area is 216 Å². The molecule has 1 heterocycles. The van der Waals surface area contributed by atoms with Crippen molar-refractivity contribution in [1.82, 2.24) is 15.5 Å². The lowest BCUT2D eigenvalue weighted by atomic mass is 9.88. The van der Waals surface area contributed by atoms with Crippen LogP contribution in [0.15, 0.2) is 35.5 Å². The molecule has 1 aliphatic rings. The van der Waals surface area contributed by atoms with Crippen LogP contribution in [0.5, 0.6) is 0 Å². The first kappa shape index (κ1) is 31.1. The first-order chi connectivity index (χ1) is 16.4. The van der Waals surface area contributed by atoms with Crippen molar-refractivity contribution >= 4 is 23.7 Å². The molecule has 0 aromatic rings. The molecule has 0 spiro atoms. The summed E-state index contributed by atoms with van der Waals surface area (Å²) in [5.41, 5.74) is 2.37. The molecule has 0 aliphatic carbocycles. The Bertz CT molecular complexity index is 926. The lowest BCUT2D eigenvalue weighted by Gasteiger charge is -2.32. The third-order valence-corrected chi connectivity index (χ3v) is 6.13. The molecule has 0 aromatic heterocycles. The number of carbonyl (C=O) groups is 4. The molecule has 2 N–H and O–H groups in total. The monoisotopic (exact) mass is 503 g/mol. The molecule has 1 saturated heterocycles. The van der Waals surface area contributed by atoms with Crippen LogP contribution in [-0.2, 0) is 23.9 Å². The molecule has 1 aliphatic heterocycles. The van der Waals surface area contributed by atoms with Gasteiger partial charge in [0.15, 0.2) is 0 Å². The van der Waals surface area contributed by atoms with Crippen LogP contribution in [0.2, 0.25) is 0 Å². The van der Waals surface area contributed by atoms with Gasteiger partial charge in [0.25, 0.3) is 0 Å². The molecule has 4 atom stereocenters. The summed E-state index contributed by atoms with van der Waals surface area (Å²) in [5, 5.41) is 5.33. The van der Waals surface area contributed by atoms with Crippen LogP contribution in [0.3, 0.4) is 0 Å². The van der Waals surface area contributed by atoms with E-state index in [1.54, 1.807) is 6.92 Å². The third kappa shape index (κ3) is 9.28. The predicted octanol–water partition coefficient (Wildman–Crippen LogP) is 3.54. The molecule has 8 heteroatoms. The molecule has 3 amide bonds. The summed E-state index contributed by atoms with van der Waals surface area (Å²) in [6, 6.07) is -1.64. The minimum Gasteiger partial charge on any atom is -0.456 e. The number of likely N-dealkylation sites (N-methyl/N-ethyl adjacent to an activating group) is 1. The van der Waals surface area contributed by atoms with Gasteiger partial charge >= 0.3 is 5.97 Å². The molecule has 0 bridgehead atoms. The summed E-state index contributed by atoms with van der Waals surface area (Å²) in [5.74, 6) is -2.43. The highest BCUT2D eigenvalue weighted by Gasteiger charge is 2.34. The molecule has 8 nitrogen and oxygen atoms in total. The highest BCUT2D eigenvalue weighted by atomic mass is 16.5. The van der Waals surface area contributed by atoms with Crippen LogP contribution in [0.25, 0.3) is 0 Å². The summed E-state index contributed by atoms with van der Waals surface area (Å²) < 4.78 is 5.83. The highest BCUT2D eigenvalue weighted by molar-refractivity contribution is 5.93. The molecule has 0 radical (unpaired) electrons. The maximum absolute atomic E-state index is 12.9. The smallest absolute Gasteiger partial charge is 0.326 e. The fraction of sp³-hybridized carbons (Fsp3) is 0.643. The van der Waals surface area contributed by atoms with Crippen molar-refractivity contribution in [2.45, 2.75) is 86.9 Å². The van der Waals surface area contributed by atoms with E-state index in [9.17, 15) is 19.2 Å². The Balaban J connectivity index is 3.40. The number of allylic oxidation sites excluding steroid dienone is 3. The van der Waals surface area contributed by atoms with Gasteiger partial charge in [-0.05, 0) is 37.7 Å². The van der Waals surface area contributed by atoms with Gasteiger partial charge in [-0.3, -0.25) is 19.2 Å². The van der Waals surface area contributed by atoms with Gasteiger partial charge in [0.1, 0.15) is 24.7 Å². The van der Waals surface area contributed by atoms with Crippen molar-refractivity contribution in [2.75, 3.05) is 13.6 Å². The van der Waals surface area contributed by atoms with Crippen molar-refractivity contribution in [3.05, 3.63) is 35.5 Å². The predicted molar refractivity (Wildman–Crippen MR) is 142 cm³/mol. The van der Waals surface area contributed by atoms with Crippen LogP contribution in [0, 0.1) is 17.3 Å². The average molecular weight is 504 g/mol. The largest absolute Gasteiger partial charge is 0.456 e. The van der Waals surface area contributed by atoms with Gasteiger partial charge in [0, 0.05) is 19.4 Å². The van der Waals surface area contributed by atoms with E-state index in [1.807, 2.05) is 40.7 Å². The standard InChI is InChI=1S/C28H45N3O5/c1-16(2)24-26(34)29-15-23(33)36-25(19(5)12-17(3)14-28(8,9)10)20(6)18(4)13-22(32)30-21(7)27(35)31(24)11/h12,14,16,20-21,24-25H,4,13,15H2,1-3,5-11H3,(H,29,34)(H,30,32)/b17-14+,19-12+/t20-,21+,24+,25-/m1/s1. The van der Waals surface area contributed by atoms with Crippen LogP contribution in [0.4, 0.5) is 0 Å². The summed E-state index contributed by atoms with van der Waals surface area (Å²) in [4.78, 5) is 52.8. The number of cyclic esters (lactones) is 1. The van der Waals surface area contributed by atoms with Gasteiger partial charge < -0.3 is 20.3 Å². The average Bonchev–Trinajstić information content (AvgIpc) is 2.72. The molecular formula is C28H45N3O5. The second kappa shape index (κ2) is 12.9. The van der Waals surface area contributed by atoms with Crippen molar-refractivity contribution in [2.24, 2.45) is 17.3 Å². The Morgan fingerprint density at radius 1 is 1.14 bits per heavy atom. The van der Waals surface area contributed by atoms with Crippen LogP contribution in [-0.4, -0.2) is 60.4 Å². The van der Waals surface area contributed by atoms with E-state index in [2.05, 4.69) is 44.1 Å². The lowest BCUT2D eigenvalue weighted by Crippen LogP contribution is -2.55. The quantitative estimate of drug-likeness (QED) is 0.348. The molecule has 0 unspecified atom stereocenters. The second-order valence-electron chi connectivity index (χ2n) is 11.3. The van der Waals surface area contributed by atoms with Crippen LogP contribution >= 0.6 is 0 Å². The number of esters is 1. The number of amides is 3. The highest BCUT2D eigenvalue weighted by Crippen LogP contribution is 2.27. The van der Waals surface area contributed by atoms with Gasteiger partial charge in [-0.2, -0.15) is 0 Å². The minimum absolute atomic E-state index is 0.0224. The molecule has 36 heavy (non-hydrogen) atoms. The number of carbonyl (C=O) groups excluding carboxylic acids is 4. The minimum atomic E-state index is -0.828. The Morgan fingerprint density at radius 2 is 1.72 bits per heavy atom. The van der Waals surface area contributed by atoms with E-state index in [1.165, 1.54) is 11.9 Å². The zero-order valence-electron chi connectivity index (χ0n) is 23.7. The molecule has 1 fully saturated rings. The third-order valence-electron chi connectivity index (χ3n) is 6.13. The van der Waals surface area contributed by atoms with E-state index >= 15 is 0 Å². The number of nitrogens with zero attached hydrogens (tertiary/aromatic N) is 1. The van der Waals surface area contributed by atoms with Gasteiger partial charge in [0.2, 0.25) is 17.7 Å². The summed E-state index contributed by atoms with van der Waals surface area (Å²) in [6.45, 7) is 21.0. The van der Waals surface area contributed by atoms with Crippen LogP contribution < -0.4 is 10.6 Å². The molecule has 0 saturated carbocycles. The zero-order valence-corrected chi connectivity index (χ0v) is 23.7. The Hall–Kier alpha value is -2.90. The topological polar surface area (TPSA) is 105 Å². The number of hydrogen-bond donors (Lipinski definition) is 2. The first-order valence-electron chi connectivity index (χ1n) is 12.5. The van der Waals surface area contributed by atoms with E-state index < -0.39 is 36.0 Å². The number of rotatable bonds is 3.